The fourth-order valence-electron chi connectivity index (χ4n) is 2.72. The number of methoxy groups -OCH3 is 1. The molecule has 3 amide bonds. The van der Waals surface area contributed by atoms with Crippen LogP contribution in [0.15, 0.2) is 18.2 Å². The van der Waals surface area contributed by atoms with E-state index in [2.05, 4.69) is 10.6 Å². The van der Waals surface area contributed by atoms with Crippen molar-refractivity contribution < 1.29 is 24.2 Å². The molecular formula is C17H23N3O5. The molecule has 0 saturated carbocycles. The Morgan fingerprint density at radius 1 is 1.44 bits per heavy atom. The molecule has 0 bridgehead atoms. The summed E-state index contributed by atoms with van der Waals surface area (Å²) in [5.74, 6) is -1.43. The van der Waals surface area contributed by atoms with E-state index in [-0.39, 0.29) is 18.5 Å². The molecule has 0 aromatic heterocycles. The van der Waals surface area contributed by atoms with Gasteiger partial charge in [0.15, 0.2) is 0 Å². The minimum absolute atomic E-state index is 0.0631. The van der Waals surface area contributed by atoms with E-state index in [1.54, 1.807) is 18.2 Å². The Morgan fingerprint density at radius 2 is 2.20 bits per heavy atom. The topological polar surface area (TPSA) is 108 Å². The number of nitrogens with zero attached hydrogens (tertiary/aromatic N) is 1. The van der Waals surface area contributed by atoms with Crippen LogP contribution in [-0.2, 0) is 4.79 Å². The van der Waals surface area contributed by atoms with Gasteiger partial charge in [0.25, 0.3) is 5.91 Å². The number of aliphatic carboxylic acids is 1. The van der Waals surface area contributed by atoms with Crippen molar-refractivity contribution >= 4 is 23.6 Å². The summed E-state index contributed by atoms with van der Waals surface area (Å²) in [6, 6.07) is 4.54. The molecule has 1 aromatic rings. The predicted molar refractivity (Wildman–Crippen MR) is 92.1 cm³/mol. The quantitative estimate of drug-likeness (QED) is 0.658. The Hall–Kier alpha value is -2.77. The first-order valence-corrected chi connectivity index (χ1v) is 8.22. The third kappa shape index (κ3) is 4.40. The lowest BCUT2D eigenvalue weighted by Gasteiger charge is -2.19. The van der Waals surface area contributed by atoms with Gasteiger partial charge in [-0.3, -0.25) is 14.5 Å². The van der Waals surface area contributed by atoms with E-state index in [1.807, 2.05) is 6.92 Å². The first-order chi connectivity index (χ1) is 12.0. The molecule has 1 aliphatic rings. The number of urea groups is 1. The Kier molecular flexibility index (Phi) is 6.21. The molecule has 8 heteroatoms. The van der Waals surface area contributed by atoms with E-state index in [0.717, 1.165) is 6.42 Å². The lowest BCUT2D eigenvalue weighted by Crippen LogP contribution is -2.33. The average molecular weight is 349 g/mol. The zero-order valence-electron chi connectivity index (χ0n) is 14.4. The summed E-state index contributed by atoms with van der Waals surface area (Å²) in [4.78, 5) is 36.9. The van der Waals surface area contributed by atoms with Crippen molar-refractivity contribution in [2.75, 3.05) is 31.6 Å². The Balaban J connectivity index is 2.14. The molecule has 3 N–H and O–H groups in total. The van der Waals surface area contributed by atoms with Crippen LogP contribution in [0.5, 0.6) is 5.75 Å². The van der Waals surface area contributed by atoms with Crippen molar-refractivity contribution in [3.63, 3.8) is 0 Å². The zero-order valence-corrected chi connectivity index (χ0v) is 14.4. The highest BCUT2D eigenvalue weighted by atomic mass is 16.5. The van der Waals surface area contributed by atoms with Crippen molar-refractivity contribution in [2.45, 2.75) is 19.8 Å². The number of carboxylic acids is 1. The molecule has 1 heterocycles. The molecule has 1 saturated heterocycles. The van der Waals surface area contributed by atoms with Crippen LogP contribution in [0.2, 0.25) is 0 Å². The van der Waals surface area contributed by atoms with E-state index in [0.29, 0.717) is 36.5 Å². The van der Waals surface area contributed by atoms with E-state index < -0.39 is 11.9 Å². The summed E-state index contributed by atoms with van der Waals surface area (Å²) in [5.41, 5.74) is 0.852. The minimum Gasteiger partial charge on any atom is -0.495 e. The number of ether oxygens (including phenoxy) is 1. The van der Waals surface area contributed by atoms with E-state index in [9.17, 15) is 14.4 Å². The molecule has 1 atom stereocenters. The second-order valence-electron chi connectivity index (χ2n) is 5.80. The zero-order chi connectivity index (χ0) is 18.4. The molecule has 8 nitrogen and oxygen atoms in total. The van der Waals surface area contributed by atoms with Gasteiger partial charge >= 0.3 is 12.0 Å². The van der Waals surface area contributed by atoms with Gasteiger partial charge in [-0.1, -0.05) is 13.3 Å². The second-order valence-corrected chi connectivity index (χ2v) is 5.80. The van der Waals surface area contributed by atoms with Crippen LogP contribution in [0.1, 0.15) is 30.1 Å². The fraction of sp³-hybridized carbons (Fsp3) is 0.471. The number of benzene rings is 1. The Bertz CT molecular complexity index is 662. The van der Waals surface area contributed by atoms with E-state index >= 15 is 0 Å². The van der Waals surface area contributed by atoms with Crippen LogP contribution >= 0.6 is 0 Å². The van der Waals surface area contributed by atoms with Crippen LogP contribution in [0, 0.1) is 5.92 Å². The molecule has 1 aromatic carbocycles. The molecule has 1 fully saturated rings. The van der Waals surface area contributed by atoms with Crippen LogP contribution < -0.4 is 20.3 Å². The number of hydrogen-bond acceptors (Lipinski definition) is 4. The van der Waals surface area contributed by atoms with Crippen molar-refractivity contribution in [3.8, 4) is 5.75 Å². The van der Waals surface area contributed by atoms with Crippen molar-refractivity contribution in [1.29, 1.82) is 0 Å². The monoisotopic (exact) mass is 349 g/mol. The number of amides is 3. The molecule has 0 spiro atoms. The standard InChI is InChI=1S/C17H23N3O5/c1-3-4-12(16(22)23)10-19-15(21)11-5-6-14(25-2)13(9-11)20-8-7-18-17(20)24/h5-6,9,12H,3-4,7-8,10H2,1-2H3,(H,18,24)(H,19,21)(H,22,23). The summed E-state index contributed by atoms with van der Waals surface area (Å²) in [7, 11) is 1.49. The van der Waals surface area contributed by atoms with Gasteiger partial charge in [-0.2, -0.15) is 0 Å². The summed E-state index contributed by atoms with van der Waals surface area (Å²) in [6.07, 6.45) is 1.22. The van der Waals surface area contributed by atoms with Crippen LogP contribution in [-0.4, -0.2) is 49.8 Å². The van der Waals surface area contributed by atoms with Gasteiger partial charge in [0.1, 0.15) is 5.75 Å². The molecule has 136 valence electrons. The third-order valence-corrected chi connectivity index (χ3v) is 4.08. The summed E-state index contributed by atoms with van der Waals surface area (Å²) < 4.78 is 5.27. The SMILES string of the molecule is CCCC(CNC(=O)c1ccc(OC)c(N2CCNC2=O)c1)C(=O)O. The van der Waals surface area contributed by atoms with Gasteiger partial charge in [0.2, 0.25) is 0 Å². The molecule has 1 aliphatic heterocycles. The highest BCUT2D eigenvalue weighted by Gasteiger charge is 2.25. The summed E-state index contributed by atoms with van der Waals surface area (Å²) >= 11 is 0. The number of anilines is 1. The maximum Gasteiger partial charge on any atom is 0.322 e. The van der Waals surface area contributed by atoms with E-state index in [1.165, 1.54) is 12.0 Å². The number of carbonyl (C=O) groups excluding carboxylic acids is 2. The van der Waals surface area contributed by atoms with Gasteiger partial charge in [-0.25, -0.2) is 4.79 Å². The lowest BCUT2D eigenvalue weighted by molar-refractivity contribution is -0.141. The first-order valence-electron chi connectivity index (χ1n) is 8.22. The number of nitrogens with one attached hydrogen (secondary N) is 2. The Morgan fingerprint density at radius 3 is 2.76 bits per heavy atom. The van der Waals surface area contributed by atoms with Gasteiger partial charge < -0.3 is 20.5 Å². The average Bonchev–Trinajstić information content (AvgIpc) is 3.03. The highest BCUT2D eigenvalue weighted by molar-refractivity contribution is 6.00. The number of hydrogen-bond donors (Lipinski definition) is 3. The van der Waals surface area contributed by atoms with Gasteiger partial charge in [0.05, 0.1) is 18.7 Å². The van der Waals surface area contributed by atoms with Crippen LogP contribution in [0.4, 0.5) is 10.5 Å². The van der Waals surface area contributed by atoms with Gasteiger partial charge in [-0.15, -0.1) is 0 Å². The Labute approximate surface area is 146 Å². The van der Waals surface area contributed by atoms with E-state index in [4.69, 9.17) is 9.84 Å². The fourth-order valence-corrected chi connectivity index (χ4v) is 2.72. The number of carbonyl (C=O) groups is 3. The number of rotatable bonds is 8. The molecule has 1 unspecified atom stereocenters. The predicted octanol–water partition coefficient (Wildman–Crippen LogP) is 1.46. The maximum atomic E-state index is 12.4. The summed E-state index contributed by atoms with van der Waals surface area (Å²) in [6.45, 7) is 2.97. The minimum atomic E-state index is -0.925. The summed E-state index contributed by atoms with van der Waals surface area (Å²) in [5, 5.41) is 14.5. The maximum absolute atomic E-state index is 12.4. The smallest absolute Gasteiger partial charge is 0.322 e. The van der Waals surface area contributed by atoms with Crippen LogP contribution in [0.3, 0.4) is 0 Å². The van der Waals surface area contributed by atoms with Crippen molar-refractivity contribution in [1.82, 2.24) is 10.6 Å². The molecule has 2 rings (SSSR count). The first kappa shape index (κ1) is 18.6. The third-order valence-electron chi connectivity index (χ3n) is 4.08. The van der Waals surface area contributed by atoms with Crippen molar-refractivity contribution in [3.05, 3.63) is 23.8 Å². The van der Waals surface area contributed by atoms with Gasteiger partial charge in [-0.05, 0) is 24.6 Å². The van der Waals surface area contributed by atoms with Crippen LogP contribution in [0.25, 0.3) is 0 Å². The highest BCUT2D eigenvalue weighted by Crippen LogP contribution is 2.30. The van der Waals surface area contributed by atoms with Gasteiger partial charge in [0, 0.05) is 25.2 Å². The molecule has 25 heavy (non-hydrogen) atoms. The molecular weight excluding hydrogens is 326 g/mol. The normalized spacial score (nSPS) is 14.8. The molecule has 0 aliphatic carbocycles. The second kappa shape index (κ2) is 8.36. The molecule has 0 radical (unpaired) electrons. The number of carboxylic acid groups (broad SMARTS) is 1. The largest absolute Gasteiger partial charge is 0.495 e. The lowest BCUT2D eigenvalue weighted by atomic mass is 10.0. The van der Waals surface area contributed by atoms with Crippen molar-refractivity contribution in [2.24, 2.45) is 5.92 Å².